The summed E-state index contributed by atoms with van der Waals surface area (Å²) in [6, 6.07) is 7.69. The fourth-order valence-electron chi connectivity index (χ4n) is 2.31. The molecule has 0 saturated heterocycles. The first-order valence-electron chi connectivity index (χ1n) is 6.96. The first kappa shape index (κ1) is 17.1. The first-order chi connectivity index (χ1) is 10.8. The molecule has 0 saturated carbocycles. The highest BCUT2D eigenvalue weighted by Gasteiger charge is 2.23. The molecule has 1 amide bonds. The number of halogens is 1. The van der Waals surface area contributed by atoms with E-state index in [0.29, 0.717) is 17.9 Å². The third-order valence-electron chi connectivity index (χ3n) is 3.57. The number of carbonyl (C=O) groups is 1. The Morgan fingerprint density at radius 3 is 2.48 bits per heavy atom. The van der Waals surface area contributed by atoms with Crippen LogP contribution in [0.5, 0.6) is 0 Å². The van der Waals surface area contributed by atoms with Crippen LogP contribution in [0.3, 0.4) is 0 Å². The quantitative estimate of drug-likeness (QED) is 0.589. The van der Waals surface area contributed by atoms with Crippen LogP contribution in [0.2, 0.25) is 0 Å². The van der Waals surface area contributed by atoms with Gasteiger partial charge < -0.3 is 4.90 Å². The minimum Gasteiger partial charge on any atom is -0.340 e. The summed E-state index contributed by atoms with van der Waals surface area (Å²) in [5.74, 6) is -0.159. The van der Waals surface area contributed by atoms with E-state index in [2.05, 4.69) is 21.0 Å². The Hall–Kier alpha value is -2.22. The van der Waals surface area contributed by atoms with Crippen molar-refractivity contribution in [2.75, 3.05) is 7.05 Å². The van der Waals surface area contributed by atoms with Crippen LogP contribution in [0, 0.1) is 24.0 Å². The normalized spacial score (nSPS) is 10.6. The Morgan fingerprint density at radius 2 is 1.96 bits per heavy atom. The SMILES string of the molecule is Cc1nn(CC(=O)N(C)Cc2ccc(Br)cc2)c(C)c1[N+](=O)[O-]. The van der Waals surface area contributed by atoms with Gasteiger partial charge in [0.05, 0.1) is 4.92 Å². The summed E-state index contributed by atoms with van der Waals surface area (Å²) in [6.07, 6.45) is 0. The van der Waals surface area contributed by atoms with Crippen LogP contribution in [0.15, 0.2) is 28.7 Å². The Kier molecular flexibility index (Phi) is 5.15. The highest BCUT2D eigenvalue weighted by molar-refractivity contribution is 9.10. The number of nitro groups is 1. The van der Waals surface area contributed by atoms with Gasteiger partial charge in [-0.15, -0.1) is 0 Å². The molecule has 0 aliphatic heterocycles. The van der Waals surface area contributed by atoms with E-state index in [1.54, 1.807) is 25.8 Å². The molecule has 1 heterocycles. The Balaban J connectivity index is 2.08. The van der Waals surface area contributed by atoms with Gasteiger partial charge in [0.15, 0.2) is 0 Å². The van der Waals surface area contributed by atoms with Crippen molar-refractivity contribution >= 4 is 27.5 Å². The number of aromatic nitrogens is 2. The zero-order valence-electron chi connectivity index (χ0n) is 13.1. The maximum absolute atomic E-state index is 12.3. The van der Waals surface area contributed by atoms with Crippen LogP contribution in [0.1, 0.15) is 17.0 Å². The minimum atomic E-state index is -0.468. The van der Waals surface area contributed by atoms with E-state index < -0.39 is 4.92 Å². The lowest BCUT2D eigenvalue weighted by Crippen LogP contribution is -2.30. The van der Waals surface area contributed by atoms with Crippen molar-refractivity contribution in [3.05, 3.63) is 55.8 Å². The van der Waals surface area contributed by atoms with Crippen molar-refractivity contribution in [1.29, 1.82) is 0 Å². The van der Waals surface area contributed by atoms with Gasteiger partial charge in [-0.2, -0.15) is 5.10 Å². The molecule has 0 fully saturated rings. The maximum atomic E-state index is 12.3. The van der Waals surface area contributed by atoms with E-state index in [1.807, 2.05) is 24.3 Å². The third-order valence-corrected chi connectivity index (χ3v) is 4.10. The molecule has 0 radical (unpaired) electrons. The summed E-state index contributed by atoms with van der Waals surface area (Å²) in [4.78, 5) is 24.4. The fraction of sp³-hybridized carbons (Fsp3) is 0.333. The molecule has 0 unspecified atom stereocenters. The van der Waals surface area contributed by atoms with Gasteiger partial charge >= 0.3 is 5.69 Å². The van der Waals surface area contributed by atoms with Crippen LogP contribution in [0.25, 0.3) is 0 Å². The zero-order valence-corrected chi connectivity index (χ0v) is 14.7. The molecule has 23 heavy (non-hydrogen) atoms. The number of hydrogen-bond acceptors (Lipinski definition) is 4. The van der Waals surface area contributed by atoms with Gasteiger partial charge in [0, 0.05) is 18.1 Å². The van der Waals surface area contributed by atoms with Crippen molar-refractivity contribution in [1.82, 2.24) is 14.7 Å². The average Bonchev–Trinajstić information content (AvgIpc) is 2.75. The number of aryl methyl sites for hydroxylation is 1. The lowest BCUT2D eigenvalue weighted by molar-refractivity contribution is -0.386. The van der Waals surface area contributed by atoms with Gasteiger partial charge in [0.1, 0.15) is 17.9 Å². The van der Waals surface area contributed by atoms with E-state index in [9.17, 15) is 14.9 Å². The van der Waals surface area contributed by atoms with E-state index in [-0.39, 0.29) is 18.1 Å². The predicted molar refractivity (Wildman–Crippen MR) is 89.0 cm³/mol. The number of amides is 1. The van der Waals surface area contributed by atoms with E-state index in [1.165, 1.54) is 4.68 Å². The van der Waals surface area contributed by atoms with Crippen LogP contribution in [-0.2, 0) is 17.9 Å². The van der Waals surface area contributed by atoms with Crippen LogP contribution < -0.4 is 0 Å². The molecule has 1 aromatic heterocycles. The number of rotatable bonds is 5. The van der Waals surface area contributed by atoms with Crippen molar-refractivity contribution in [3.8, 4) is 0 Å². The van der Waals surface area contributed by atoms with Gasteiger partial charge in [-0.25, -0.2) is 0 Å². The number of carbonyl (C=O) groups excluding carboxylic acids is 1. The Bertz CT molecular complexity index is 740. The lowest BCUT2D eigenvalue weighted by atomic mass is 10.2. The molecule has 0 spiro atoms. The Morgan fingerprint density at radius 1 is 1.35 bits per heavy atom. The summed E-state index contributed by atoms with van der Waals surface area (Å²) in [7, 11) is 1.70. The van der Waals surface area contributed by atoms with Crippen molar-refractivity contribution in [3.63, 3.8) is 0 Å². The van der Waals surface area contributed by atoms with Crippen LogP contribution >= 0.6 is 15.9 Å². The summed E-state index contributed by atoms with van der Waals surface area (Å²) >= 11 is 3.37. The molecular weight excluding hydrogens is 364 g/mol. The number of hydrogen-bond donors (Lipinski definition) is 0. The molecule has 0 aliphatic rings. The topological polar surface area (TPSA) is 81.3 Å². The lowest BCUT2D eigenvalue weighted by Gasteiger charge is -2.17. The Labute approximate surface area is 142 Å². The number of nitrogens with zero attached hydrogens (tertiary/aromatic N) is 4. The van der Waals surface area contributed by atoms with Crippen molar-refractivity contribution < 1.29 is 9.72 Å². The second kappa shape index (κ2) is 6.91. The van der Waals surface area contributed by atoms with Crippen molar-refractivity contribution in [2.24, 2.45) is 0 Å². The van der Waals surface area contributed by atoms with E-state index in [0.717, 1.165) is 10.0 Å². The van der Waals surface area contributed by atoms with Gasteiger partial charge in [-0.3, -0.25) is 19.6 Å². The molecule has 0 bridgehead atoms. The van der Waals surface area contributed by atoms with Crippen LogP contribution in [0.4, 0.5) is 5.69 Å². The summed E-state index contributed by atoms with van der Waals surface area (Å²) < 4.78 is 2.36. The average molecular weight is 381 g/mol. The summed E-state index contributed by atoms with van der Waals surface area (Å²) in [5.41, 5.74) is 1.67. The molecule has 0 aliphatic carbocycles. The molecule has 8 heteroatoms. The second-order valence-electron chi connectivity index (χ2n) is 5.31. The fourth-order valence-corrected chi connectivity index (χ4v) is 2.57. The predicted octanol–water partition coefficient (Wildman–Crippen LogP) is 2.83. The third kappa shape index (κ3) is 3.95. The van der Waals surface area contributed by atoms with Gasteiger partial charge in [0.2, 0.25) is 5.91 Å². The summed E-state index contributed by atoms with van der Waals surface area (Å²) in [5, 5.41) is 15.1. The first-order valence-corrected chi connectivity index (χ1v) is 7.75. The largest absolute Gasteiger partial charge is 0.340 e. The van der Waals surface area contributed by atoms with Gasteiger partial charge in [-0.05, 0) is 31.5 Å². The highest BCUT2D eigenvalue weighted by Crippen LogP contribution is 2.21. The number of likely N-dealkylation sites (N-methyl/N-ethyl adjacent to an activating group) is 1. The zero-order chi connectivity index (χ0) is 17.1. The molecule has 7 nitrogen and oxygen atoms in total. The van der Waals surface area contributed by atoms with E-state index >= 15 is 0 Å². The molecule has 2 rings (SSSR count). The van der Waals surface area contributed by atoms with Crippen LogP contribution in [-0.4, -0.2) is 32.6 Å². The molecule has 2 aromatic rings. The highest BCUT2D eigenvalue weighted by atomic mass is 79.9. The molecule has 122 valence electrons. The summed E-state index contributed by atoms with van der Waals surface area (Å²) in [6.45, 7) is 3.61. The van der Waals surface area contributed by atoms with Gasteiger partial charge in [-0.1, -0.05) is 28.1 Å². The standard InChI is InChI=1S/C15H17BrN4O3/c1-10-15(20(22)23)11(2)19(17-10)9-14(21)18(3)8-12-4-6-13(16)7-5-12/h4-7H,8-9H2,1-3H3. The molecule has 0 N–H and O–H groups in total. The smallest absolute Gasteiger partial charge is 0.312 e. The molecule has 0 atom stereocenters. The van der Waals surface area contributed by atoms with Gasteiger partial charge in [0.25, 0.3) is 0 Å². The molecular formula is C15H17BrN4O3. The minimum absolute atomic E-state index is 0.0203. The van der Waals surface area contributed by atoms with Crippen molar-refractivity contribution in [2.45, 2.75) is 26.9 Å². The second-order valence-corrected chi connectivity index (χ2v) is 6.23. The molecule has 1 aromatic carbocycles. The number of benzene rings is 1. The monoisotopic (exact) mass is 380 g/mol. The maximum Gasteiger partial charge on any atom is 0.312 e. The van der Waals surface area contributed by atoms with E-state index in [4.69, 9.17) is 0 Å².